The van der Waals surface area contributed by atoms with Crippen molar-refractivity contribution in [1.82, 2.24) is 14.8 Å². The van der Waals surface area contributed by atoms with E-state index in [2.05, 4.69) is 10.1 Å². The SMILES string of the molecule is O=C1N(c2cc(C3CCCCC3)c(=O)n(Cc3ncccc3C(F)(F)F)n2)CCC1(F)F. The van der Waals surface area contributed by atoms with Crippen LogP contribution in [0.25, 0.3) is 0 Å². The molecule has 1 aliphatic heterocycles. The number of carbonyl (C=O) groups excluding carboxylic acids is 1. The van der Waals surface area contributed by atoms with E-state index < -0.39 is 47.8 Å². The van der Waals surface area contributed by atoms with Crippen LogP contribution in [-0.4, -0.2) is 33.1 Å². The molecule has 1 amide bonds. The maximum absolute atomic E-state index is 13.8. The van der Waals surface area contributed by atoms with E-state index in [1.165, 1.54) is 12.3 Å². The Labute approximate surface area is 180 Å². The van der Waals surface area contributed by atoms with E-state index >= 15 is 0 Å². The summed E-state index contributed by atoms with van der Waals surface area (Å²) in [5.74, 6) is -5.30. The smallest absolute Gasteiger partial charge is 0.290 e. The Hall–Kier alpha value is -2.85. The van der Waals surface area contributed by atoms with E-state index in [4.69, 9.17) is 0 Å². The second-order valence-corrected chi connectivity index (χ2v) is 8.16. The number of pyridine rings is 1. The highest BCUT2D eigenvalue weighted by atomic mass is 19.4. The molecule has 2 aliphatic rings. The summed E-state index contributed by atoms with van der Waals surface area (Å²) in [5, 5.41) is 4.01. The average molecular weight is 456 g/mol. The summed E-state index contributed by atoms with van der Waals surface area (Å²) in [6.07, 6.45) is -0.0650. The normalized spacial score (nSPS) is 19.5. The van der Waals surface area contributed by atoms with Crippen LogP contribution < -0.4 is 10.5 Å². The zero-order chi connectivity index (χ0) is 23.1. The van der Waals surface area contributed by atoms with Crippen LogP contribution >= 0.6 is 0 Å². The number of anilines is 1. The summed E-state index contributed by atoms with van der Waals surface area (Å²) < 4.78 is 68.6. The molecule has 2 fully saturated rings. The molecule has 2 aromatic heterocycles. The lowest BCUT2D eigenvalue weighted by molar-refractivity contribution is -0.138. The van der Waals surface area contributed by atoms with Crippen molar-refractivity contribution in [3.05, 3.63) is 51.6 Å². The Balaban J connectivity index is 1.80. The molecular weight excluding hydrogens is 435 g/mol. The number of hydrogen-bond donors (Lipinski definition) is 0. The van der Waals surface area contributed by atoms with Crippen LogP contribution in [0, 0.1) is 0 Å². The minimum atomic E-state index is -4.69. The molecule has 0 aromatic carbocycles. The molecule has 11 heteroatoms. The molecule has 0 unspecified atom stereocenters. The highest BCUT2D eigenvalue weighted by Crippen LogP contribution is 2.35. The first-order valence-electron chi connectivity index (χ1n) is 10.4. The molecule has 1 aliphatic carbocycles. The second-order valence-electron chi connectivity index (χ2n) is 8.16. The largest absolute Gasteiger partial charge is 0.418 e. The lowest BCUT2D eigenvalue weighted by atomic mass is 9.85. The van der Waals surface area contributed by atoms with Gasteiger partial charge in [-0.15, -0.1) is 0 Å². The van der Waals surface area contributed by atoms with E-state index in [9.17, 15) is 31.5 Å². The summed E-state index contributed by atoms with van der Waals surface area (Å²) in [6, 6.07) is 3.33. The van der Waals surface area contributed by atoms with Gasteiger partial charge in [-0.25, -0.2) is 4.68 Å². The molecule has 4 rings (SSSR count). The lowest BCUT2D eigenvalue weighted by Crippen LogP contribution is -2.37. The molecule has 6 nitrogen and oxygen atoms in total. The molecule has 32 heavy (non-hydrogen) atoms. The fraction of sp³-hybridized carbons (Fsp3) is 0.524. The van der Waals surface area contributed by atoms with Crippen LogP contribution in [0.3, 0.4) is 0 Å². The van der Waals surface area contributed by atoms with Crippen molar-refractivity contribution in [2.75, 3.05) is 11.4 Å². The molecule has 1 saturated carbocycles. The van der Waals surface area contributed by atoms with E-state index in [0.717, 1.165) is 41.0 Å². The maximum Gasteiger partial charge on any atom is 0.418 e. The number of rotatable bonds is 4. The van der Waals surface area contributed by atoms with Crippen LogP contribution in [0.4, 0.5) is 27.8 Å². The predicted molar refractivity (Wildman–Crippen MR) is 105 cm³/mol. The Morgan fingerprint density at radius 1 is 1.12 bits per heavy atom. The molecule has 2 aromatic rings. The van der Waals surface area contributed by atoms with E-state index in [1.807, 2.05) is 0 Å². The number of amides is 1. The van der Waals surface area contributed by atoms with Gasteiger partial charge in [0, 0.05) is 24.7 Å². The minimum Gasteiger partial charge on any atom is -0.290 e. The molecular formula is C21H21F5N4O2. The first-order valence-corrected chi connectivity index (χ1v) is 10.4. The third-order valence-electron chi connectivity index (χ3n) is 6.01. The molecule has 172 valence electrons. The average Bonchev–Trinajstić information content (AvgIpc) is 3.02. The molecule has 0 atom stereocenters. The molecule has 0 radical (unpaired) electrons. The van der Waals surface area contributed by atoms with Gasteiger partial charge in [-0.3, -0.25) is 19.5 Å². The Morgan fingerprint density at radius 2 is 1.84 bits per heavy atom. The van der Waals surface area contributed by atoms with Crippen LogP contribution in [0.2, 0.25) is 0 Å². The fourth-order valence-electron chi connectivity index (χ4n) is 4.33. The first kappa shape index (κ1) is 22.3. The van der Waals surface area contributed by atoms with Gasteiger partial charge in [-0.05, 0) is 37.0 Å². The van der Waals surface area contributed by atoms with Crippen LogP contribution in [0.1, 0.15) is 61.3 Å². The van der Waals surface area contributed by atoms with Crippen molar-refractivity contribution in [2.45, 2.75) is 63.1 Å². The topological polar surface area (TPSA) is 68.1 Å². The number of alkyl halides is 5. The minimum absolute atomic E-state index is 0.156. The monoisotopic (exact) mass is 456 g/mol. The maximum atomic E-state index is 13.8. The van der Waals surface area contributed by atoms with Crippen molar-refractivity contribution in [3.8, 4) is 0 Å². The first-order chi connectivity index (χ1) is 15.1. The third kappa shape index (κ3) is 4.24. The second kappa shape index (κ2) is 8.25. The molecule has 0 spiro atoms. The van der Waals surface area contributed by atoms with Crippen molar-refractivity contribution < 1.29 is 26.7 Å². The van der Waals surface area contributed by atoms with Gasteiger partial charge in [0.15, 0.2) is 5.82 Å². The van der Waals surface area contributed by atoms with Crippen LogP contribution in [0.5, 0.6) is 0 Å². The zero-order valence-electron chi connectivity index (χ0n) is 17.0. The zero-order valence-corrected chi connectivity index (χ0v) is 17.0. The van der Waals surface area contributed by atoms with E-state index in [0.29, 0.717) is 12.8 Å². The van der Waals surface area contributed by atoms with Gasteiger partial charge in [-0.2, -0.15) is 27.1 Å². The number of nitrogens with zero attached hydrogens (tertiary/aromatic N) is 4. The summed E-state index contributed by atoms with van der Waals surface area (Å²) in [7, 11) is 0. The molecule has 1 saturated heterocycles. The van der Waals surface area contributed by atoms with Crippen molar-refractivity contribution in [1.29, 1.82) is 0 Å². The standard InChI is InChI=1S/C21H21F5N4O2/c22-20(23)8-10-29(19(20)32)17-11-14(13-5-2-1-3-6-13)18(31)30(28-17)12-16-15(21(24,25)26)7-4-9-27-16/h4,7,9,11,13H,1-3,5-6,8,10,12H2. The van der Waals surface area contributed by atoms with Gasteiger partial charge >= 0.3 is 12.1 Å². The number of carbonyl (C=O) groups is 1. The highest BCUT2D eigenvalue weighted by molar-refractivity contribution is 5.99. The van der Waals surface area contributed by atoms with E-state index in [1.54, 1.807) is 0 Å². The molecule has 3 heterocycles. The summed E-state index contributed by atoms with van der Waals surface area (Å²) in [4.78, 5) is 29.9. The van der Waals surface area contributed by atoms with Crippen molar-refractivity contribution in [2.24, 2.45) is 0 Å². The van der Waals surface area contributed by atoms with Gasteiger partial charge in [0.25, 0.3) is 11.5 Å². The number of halogens is 5. The fourth-order valence-corrected chi connectivity index (χ4v) is 4.33. The Morgan fingerprint density at radius 3 is 2.47 bits per heavy atom. The van der Waals surface area contributed by atoms with Gasteiger partial charge < -0.3 is 0 Å². The Kier molecular flexibility index (Phi) is 5.76. The van der Waals surface area contributed by atoms with E-state index in [-0.39, 0.29) is 23.8 Å². The predicted octanol–water partition coefficient (Wildman–Crippen LogP) is 4.13. The number of hydrogen-bond acceptors (Lipinski definition) is 4. The molecule has 0 N–H and O–H groups in total. The third-order valence-corrected chi connectivity index (χ3v) is 6.01. The van der Waals surface area contributed by atoms with Crippen LogP contribution in [-0.2, 0) is 17.5 Å². The molecule has 0 bridgehead atoms. The summed E-state index contributed by atoms with van der Waals surface area (Å²) in [6.45, 7) is -0.890. The summed E-state index contributed by atoms with van der Waals surface area (Å²) >= 11 is 0. The van der Waals surface area contributed by atoms with Gasteiger partial charge in [-0.1, -0.05) is 19.3 Å². The summed E-state index contributed by atoms with van der Waals surface area (Å²) in [5.41, 5.74) is -1.75. The van der Waals surface area contributed by atoms with Crippen LogP contribution in [0.15, 0.2) is 29.2 Å². The lowest BCUT2D eigenvalue weighted by Gasteiger charge is -2.24. The quantitative estimate of drug-likeness (QED) is 0.649. The van der Waals surface area contributed by atoms with Crippen molar-refractivity contribution in [3.63, 3.8) is 0 Å². The van der Waals surface area contributed by atoms with Gasteiger partial charge in [0.1, 0.15) is 0 Å². The van der Waals surface area contributed by atoms with Gasteiger partial charge in [0.2, 0.25) is 0 Å². The van der Waals surface area contributed by atoms with Gasteiger partial charge in [0.05, 0.1) is 17.8 Å². The number of aromatic nitrogens is 3. The highest BCUT2D eigenvalue weighted by Gasteiger charge is 2.49. The van der Waals surface area contributed by atoms with Crippen molar-refractivity contribution >= 4 is 11.7 Å². The Bertz CT molecular complexity index is 1080.